The van der Waals surface area contributed by atoms with Gasteiger partial charge in [-0.05, 0) is 73.5 Å². The molecule has 0 saturated carbocycles. The maximum absolute atomic E-state index is 12.6. The van der Waals surface area contributed by atoms with E-state index in [1.165, 1.54) is 0 Å². The van der Waals surface area contributed by atoms with Crippen LogP contribution in [0.2, 0.25) is 5.02 Å². The summed E-state index contributed by atoms with van der Waals surface area (Å²) in [4.78, 5) is 17.2. The number of hydrogen-bond donors (Lipinski definition) is 1. The molecular weight excluding hydrogens is 388 g/mol. The second-order valence-corrected chi connectivity index (χ2v) is 7.21. The van der Waals surface area contributed by atoms with Gasteiger partial charge >= 0.3 is 0 Å². The van der Waals surface area contributed by atoms with Crippen molar-refractivity contribution in [3.05, 3.63) is 76.3 Å². The molecular formula is C23H19ClN2O3. The summed E-state index contributed by atoms with van der Waals surface area (Å²) in [5.41, 5.74) is 5.48. The van der Waals surface area contributed by atoms with Crippen LogP contribution in [0.15, 0.2) is 59.0 Å². The van der Waals surface area contributed by atoms with Crippen molar-refractivity contribution in [2.24, 2.45) is 0 Å². The molecule has 0 fully saturated rings. The van der Waals surface area contributed by atoms with Gasteiger partial charge in [0.1, 0.15) is 11.3 Å². The highest BCUT2D eigenvalue weighted by molar-refractivity contribution is 6.34. The molecule has 0 aliphatic heterocycles. The van der Waals surface area contributed by atoms with Gasteiger partial charge in [-0.15, -0.1) is 0 Å². The van der Waals surface area contributed by atoms with Gasteiger partial charge < -0.3 is 14.5 Å². The molecule has 5 nitrogen and oxygen atoms in total. The van der Waals surface area contributed by atoms with Crippen LogP contribution in [0, 0.1) is 13.8 Å². The number of carbonyl (C=O) groups excluding carboxylic acids is 1. The zero-order valence-corrected chi connectivity index (χ0v) is 17.0. The Hall–Kier alpha value is -3.31. The lowest BCUT2D eigenvalue weighted by molar-refractivity contribution is 0.102. The first kappa shape index (κ1) is 19.0. The maximum Gasteiger partial charge on any atom is 0.255 e. The summed E-state index contributed by atoms with van der Waals surface area (Å²) in [6.07, 6.45) is 0. The van der Waals surface area contributed by atoms with E-state index in [2.05, 4.69) is 10.3 Å². The van der Waals surface area contributed by atoms with Gasteiger partial charge in [0.15, 0.2) is 5.58 Å². The summed E-state index contributed by atoms with van der Waals surface area (Å²) in [6, 6.07) is 16.2. The first-order chi connectivity index (χ1) is 13.9. The molecule has 3 aromatic carbocycles. The summed E-state index contributed by atoms with van der Waals surface area (Å²) in [6.45, 7) is 4.07. The minimum absolute atomic E-state index is 0.285. The maximum atomic E-state index is 12.6. The van der Waals surface area contributed by atoms with Crippen molar-refractivity contribution in [3.8, 4) is 17.2 Å². The van der Waals surface area contributed by atoms with Crippen LogP contribution in [0.3, 0.4) is 0 Å². The number of oxazole rings is 1. The van der Waals surface area contributed by atoms with Gasteiger partial charge in [-0.2, -0.15) is 0 Å². The van der Waals surface area contributed by atoms with Crippen molar-refractivity contribution in [3.63, 3.8) is 0 Å². The summed E-state index contributed by atoms with van der Waals surface area (Å²) >= 11 is 6.30. The number of methoxy groups -OCH3 is 1. The van der Waals surface area contributed by atoms with Gasteiger partial charge in [0.2, 0.25) is 5.89 Å². The fourth-order valence-corrected chi connectivity index (χ4v) is 3.18. The van der Waals surface area contributed by atoms with Crippen LogP contribution in [0.4, 0.5) is 5.69 Å². The number of ether oxygens (including phenoxy) is 1. The number of nitrogens with one attached hydrogen (secondary N) is 1. The Bertz CT molecular complexity index is 1190. The molecule has 1 aromatic heterocycles. The fraction of sp³-hybridized carbons (Fsp3) is 0.130. The lowest BCUT2D eigenvalue weighted by atomic mass is 10.1. The third-order valence-electron chi connectivity index (χ3n) is 4.80. The smallest absolute Gasteiger partial charge is 0.255 e. The first-order valence-electron chi connectivity index (χ1n) is 9.08. The van der Waals surface area contributed by atoms with Crippen molar-refractivity contribution in [2.45, 2.75) is 13.8 Å². The molecule has 1 N–H and O–H groups in total. The number of benzene rings is 3. The molecule has 0 radical (unpaired) electrons. The van der Waals surface area contributed by atoms with Crippen molar-refractivity contribution in [1.29, 1.82) is 0 Å². The third kappa shape index (κ3) is 3.82. The molecule has 0 atom stereocenters. The highest BCUT2D eigenvalue weighted by atomic mass is 35.5. The molecule has 0 saturated heterocycles. The number of aryl methyl sites for hydroxylation is 2. The van der Waals surface area contributed by atoms with Gasteiger partial charge in [-0.3, -0.25) is 4.79 Å². The Morgan fingerprint density at radius 3 is 2.66 bits per heavy atom. The zero-order chi connectivity index (χ0) is 20.5. The molecule has 4 rings (SSSR count). The van der Waals surface area contributed by atoms with Crippen molar-refractivity contribution < 1.29 is 13.9 Å². The number of nitrogens with zero attached hydrogens (tertiary/aromatic N) is 1. The molecule has 29 heavy (non-hydrogen) atoms. The lowest BCUT2D eigenvalue weighted by Gasteiger charge is -2.09. The normalized spacial score (nSPS) is 10.9. The average molecular weight is 407 g/mol. The Morgan fingerprint density at radius 1 is 1.07 bits per heavy atom. The van der Waals surface area contributed by atoms with Crippen LogP contribution < -0.4 is 10.1 Å². The van der Waals surface area contributed by atoms with E-state index in [9.17, 15) is 4.79 Å². The summed E-state index contributed by atoms with van der Waals surface area (Å²) < 4.78 is 11.1. The van der Waals surface area contributed by atoms with Crippen LogP contribution in [0.1, 0.15) is 21.5 Å². The molecule has 0 bridgehead atoms. The van der Waals surface area contributed by atoms with Gasteiger partial charge in [0, 0.05) is 11.1 Å². The minimum Gasteiger partial charge on any atom is -0.497 e. The van der Waals surface area contributed by atoms with Crippen LogP contribution in [-0.4, -0.2) is 18.0 Å². The highest BCUT2D eigenvalue weighted by Gasteiger charge is 2.14. The highest BCUT2D eigenvalue weighted by Crippen LogP contribution is 2.31. The van der Waals surface area contributed by atoms with Crippen LogP contribution in [-0.2, 0) is 0 Å². The van der Waals surface area contributed by atoms with Gasteiger partial charge in [-0.1, -0.05) is 17.7 Å². The van der Waals surface area contributed by atoms with E-state index in [0.717, 1.165) is 27.8 Å². The number of anilines is 1. The molecule has 0 unspecified atom stereocenters. The van der Waals surface area contributed by atoms with Crippen molar-refractivity contribution in [2.75, 3.05) is 12.4 Å². The molecule has 0 aliphatic rings. The molecule has 146 valence electrons. The molecule has 0 aliphatic carbocycles. The van der Waals surface area contributed by atoms with E-state index in [0.29, 0.717) is 27.9 Å². The number of fused-ring (bicyclic) bond motifs is 1. The number of rotatable bonds is 4. The quantitative estimate of drug-likeness (QED) is 0.449. The molecule has 1 amide bonds. The van der Waals surface area contributed by atoms with E-state index in [1.54, 1.807) is 43.5 Å². The number of carbonyl (C=O) groups is 1. The van der Waals surface area contributed by atoms with Crippen LogP contribution in [0.25, 0.3) is 22.6 Å². The van der Waals surface area contributed by atoms with E-state index in [4.69, 9.17) is 20.8 Å². The minimum atomic E-state index is -0.285. The number of aromatic nitrogens is 1. The number of amides is 1. The summed E-state index contributed by atoms with van der Waals surface area (Å²) in [5, 5.41) is 3.27. The van der Waals surface area contributed by atoms with E-state index >= 15 is 0 Å². The molecule has 1 heterocycles. The standard InChI is InChI=1S/C23H19ClN2O3/c1-13-9-20-21(10-14(13)2)29-23(26-20)16-7-8-18(24)19(12-16)25-22(27)15-5-4-6-17(11-15)28-3/h4-12H,1-3H3,(H,25,27). The Balaban J connectivity index is 1.66. The van der Waals surface area contributed by atoms with Gasteiger partial charge in [0.05, 0.1) is 17.8 Å². The second-order valence-electron chi connectivity index (χ2n) is 6.80. The van der Waals surface area contributed by atoms with Gasteiger partial charge in [0.25, 0.3) is 5.91 Å². The predicted octanol–water partition coefficient (Wildman–Crippen LogP) is 6.03. The molecule has 4 aromatic rings. The number of halogens is 1. The Kier molecular flexibility index (Phi) is 4.99. The van der Waals surface area contributed by atoms with E-state index in [-0.39, 0.29) is 5.91 Å². The molecule has 0 spiro atoms. The third-order valence-corrected chi connectivity index (χ3v) is 5.13. The largest absolute Gasteiger partial charge is 0.497 e. The van der Waals surface area contributed by atoms with Crippen LogP contribution >= 0.6 is 11.6 Å². The first-order valence-corrected chi connectivity index (χ1v) is 9.45. The fourth-order valence-electron chi connectivity index (χ4n) is 3.02. The monoisotopic (exact) mass is 406 g/mol. The Labute approximate surface area is 173 Å². The lowest BCUT2D eigenvalue weighted by Crippen LogP contribution is -2.12. The number of hydrogen-bond acceptors (Lipinski definition) is 4. The van der Waals surface area contributed by atoms with E-state index in [1.807, 2.05) is 32.0 Å². The predicted molar refractivity (Wildman–Crippen MR) is 115 cm³/mol. The van der Waals surface area contributed by atoms with Crippen molar-refractivity contribution >= 4 is 34.3 Å². The van der Waals surface area contributed by atoms with Gasteiger partial charge in [-0.25, -0.2) is 4.98 Å². The molecule has 6 heteroatoms. The summed E-state index contributed by atoms with van der Waals surface area (Å²) in [7, 11) is 1.56. The van der Waals surface area contributed by atoms with Crippen molar-refractivity contribution in [1.82, 2.24) is 4.98 Å². The SMILES string of the molecule is COc1cccc(C(=O)Nc2cc(-c3nc4cc(C)c(C)cc4o3)ccc2Cl)c1. The Morgan fingerprint density at radius 2 is 1.86 bits per heavy atom. The van der Waals surface area contributed by atoms with E-state index < -0.39 is 0 Å². The average Bonchev–Trinajstić information content (AvgIpc) is 3.12. The topological polar surface area (TPSA) is 64.4 Å². The van der Waals surface area contributed by atoms with Crippen LogP contribution in [0.5, 0.6) is 5.75 Å². The second kappa shape index (κ2) is 7.60. The zero-order valence-electron chi connectivity index (χ0n) is 16.2. The summed E-state index contributed by atoms with van der Waals surface area (Å²) in [5.74, 6) is 0.792.